The van der Waals surface area contributed by atoms with E-state index in [2.05, 4.69) is 20.6 Å². The molecule has 0 aliphatic carbocycles. The summed E-state index contributed by atoms with van der Waals surface area (Å²) < 4.78 is 4.87. The number of aromatic nitrogens is 2. The van der Waals surface area contributed by atoms with Crippen molar-refractivity contribution in [3.8, 4) is 0 Å². The predicted octanol–water partition coefficient (Wildman–Crippen LogP) is 3.73. The molecule has 1 aromatic heterocycles. The molecule has 7 heteroatoms. The second-order valence-electron chi connectivity index (χ2n) is 6.29. The van der Waals surface area contributed by atoms with E-state index in [0.29, 0.717) is 24.7 Å². The van der Waals surface area contributed by atoms with E-state index >= 15 is 0 Å². The van der Waals surface area contributed by atoms with E-state index in [-0.39, 0.29) is 11.9 Å². The first-order chi connectivity index (χ1) is 14.6. The lowest BCUT2D eigenvalue weighted by molar-refractivity contribution is -0.137. The number of esters is 1. The van der Waals surface area contributed by atoms with Crippen LogP contribution >= 0.6 is 0 Å². The zero-order valence-corrected chi connectivity index (χ0v) is 16.5. The first-order valence-corrected chi connectivity index (χ1v) is 9.50. The molecule has 0 saturated heterocycles. The van der Waals surface area contributed by atoms with Crippen molar-refractivity contribution >= 4 is 29.6 Å². The van der Waals surface area contributed by atoms with Gasteiger partial charge in [0.05, 0.1) is 6.61 Å². The van der Waals surface area contributed by atoms with Crippen molar-refractivity contribution in [2.45, 2.75) is 13.5 Å². The molecule has 1 heterocycles. The molecule has 0 unspecified atom stereocenters. The van der Waals surface area contributed by atoms with Gasteiger partial charge in [-0.15, -0.1) is 0 Å². The van der Waals surface area contributed by atoms with Crippen LogP contribution in [0.4, 0.5) is 11.6 Å². The summed E-state index contributed by atoms with van der Waals surface area (Å²) in [5.41, 5.74) is 3.01. The highest BCUT2D eigenvalue weighted by Crippen LogP contribution is 2.15. The minimum Gasteiger partial charge on any atom is -0.463 e. The fraction of sp³-hybridized carbons (Fsp3) is 0.130. The van der Waals surface area contributed by atoms with Crippen LogP contribution in [-0.4, -0.2) is 28.5 Å². The third-order valence-electron chi connectivity index (χ3n) is 4.05. The molecule has 152 valence electrons. The summed E-state index contributed by atoms with van der Waals surface area (Å²) in [7, 11) is 0. The van der Waals surface area contributed by atoms with E-state index in [1.165, 1.54) is 6.08 Å². The number of benzene rings is 2. The number of carbonyl (C=O) groups is 2. The SMILES string of the molecule is CCOC(=O)C=Cc1cccc(CNC(=O)c2cccc(Nc3ncccn3)c2)c1. The van der Waals surface area contributed by atoms with Crippen LogP contribution in [0.2, 0.25) is 0 Å². The van der Waals surface area contributed by atoms with Crippen molar-refractivity contribution in [1.29, 1.82) is 0 Å². The monoisotopic (exact) mass is 402 g/mol. The van der Waals surface area contributed by atoms with E-state index < -0.39 is 0 Å². The molecule has 3 aromatic rings. The molecule has 0 radical (unpaired) electrons. The maximum Gasteiger partial charge on any atom is 0.330 e. The van der Waals surface area contributed by atoms with Crippen LogP contribution in [0.25, 0.3) is 6.08 Å². The standard InChI is InChI=1S/C23H22N4O3/c1-2-30-21(28)11-10-17-6-3-7-18(14-17)16-26-22(29)19-8-4-9-20(15-19)27-23-24-12-5-13-25-23/h3-15H,2,16H2,1H3,(H,26,29)(H,24,25,27). The average molecular weight is 402 g/mol. The van der Waals surface area contributed by atoms with Gasteiger partial charge in [0, 0.05) is 36.3 Å². The Labute approximate surface area is 174 Å². The maximum atomic E-state index is 12.5. The van der Waals surface area contributed by atoms with Crippen LogP contribution in [0.15, 0.2) is 73.1 Å². The largest absolute Gasteiger partial charge is 0.463 e. The van der Waals surface area contributed by atoms with Gasteiger partial charge in [0.1, 0.15) is 0 Å². The number of ether oxygens (including phenoxy) is 1. The van der Waals surface area contributed by atoms with Crippen molar-refractivity contribution in [1.82, 2.24) is 15.3 Å². The summed E-state index contributed by atoms with van der Waals surface area (Å²) in [6.07, 6.45) is 6.35. The molecule has 0 spiro atoms. The molecule has 30 heavy (non-hydrogen) atoms. The van der Waals surface area contributed by atoms with Gasteiger partial charge in [-0.25, -0.2) is 14.8 Å². The molecule has 0 fully saturated rings. The zero-order chi connectivity index (χ0) is 21.2. The third-order valence-corrected chi connectivity index (χ3v) is 4.05. The Morgan fingerprint density at radius 2 is 1.83 bits per heavy atom. The van der Waals surface area contributed by atoms with E-state index in [4.69, 9.17) is 4.74 Å². The van der Waals surface area contributed by atoms with E-state index in [0.717, 1.165) is 16.8 Å². The average Bonchev–Trinajstić information content (AvgIpc) is 2.77. The van der Waals surface area contributed by atoms with Crippen molar-refractivity contribution < 1.29 is 14.3 Å². The second kappa shape index (κ2) is 10.5. The molecule has 3 rings (SSSR count). The lowest BCUT2D eigenvalue weighted by atomic mass is 10.1. The molecule has 0 atom stereocenters. The first-order valence-electron chi connectivity index (χ1n) is 9.50. The van der Waals surface area contributed by atoms with Gasteiger partial charge >= 0.3 is 5.97 Å². The second-order valence-corrected chi connectivity index (χ2v) is 6.29. The summed E-state index contributed by atoms with van der Waals surface area (Å²) in [6, 6.07) is 16.4. The van der Waals surface area contributed by atoms with Gasteiger partial charge in [-0.2, -0.15) is 0 Å². The fourth-order valence-corrected chi connectivity index (χ4v) is 2.68. The Morgan fingerprint density at radius 3 is 2.63 bits per heavy atom. The van der Waals surface area contributed by atoms with Crippen molar-refractivity contribution in [3.63, 3.8) is 0 Å². The van der Waals surface area contributed by atoms with Gasteiger partial charge in [-0.1, -0.05) is 24.3 Å². The number of hydrogen-bond acceptors (Lipinski definition) is 6. The molecule has 2 aromatic carbocycles. The normalized spacial score (nSPS) is 10.6. The Morgan fingerprint density at radius 1 is 1.03 bits per heavy atom. The quantitative estimate of drug-likeness (QED) is 0.441. The van der Waals surface area contributed by atoms with Crippen LogP contribution in [0.3, 0.4) is 0 Å². The number of amides is 1. The highest BCUT2D eigenvalue weighted by molar-refractivity contribution is 5.95. The van der Waals surface area contributed by atoms with Crippen LogP contribution in [0.1, 0.15) is 28.4 Å². The molecule has 0 bridgehead atoms. The van der Waals surface area contributed by atoms with Gasteiger partial charge < -0.3 is 15.4 Å². The van der Waals surface area contributed by atoms with Crippen molar-refractivity contribution in [2.24, 2.45) is 0 Å². The lowest BCUT2D eigenvalue weighted by Crippen LogP contribution is -2.22. The lowest BCUT2D eigenvalue weighted by Gasteiger charge is -2.09. The number of anilines is 2. The van der Waals surface area contributed by atoms with Gasteiger partial charge in [0.25, 0.3) is 5.91 Å². The topological polar surface area (TPSA) is 93.2 Å². The Bertz CT molecular complexity index is 1040. The number of nitrogens with zero attached hydrogens (tertiary/aromatic N) is 2. The molecule has 7 nitrogen and oxygen atoms in total. The van der Waals surface area contributed by atoms with Gasteiger partial charge in [-0.3, -0.25) is 4.79 Å². The van der Waals surface area contributed by atoms with Crippen LogP contribution in [-0.2, 0) is 16.1 Å². The smallest absolute Gasteiger partial charge is 0.330 e. The van der Waals surface area contributed by atoms with Crippen LogP contribution in [0.5, 0.6) is 0 Å². The number of rotatable bonds is 8. The Kier molecular flexibility index (Phi) is 7.27. The van der Waals surface area contributed by atoms with Crippen LogP contribution in [0, 0.1) is 0 Å². The first kappa shape index (κ1) is 20.7. The third kappa shape index (κ3) is 6.27. The van der Waals surface area contributed by atoms with E-state index in [1.54, 1.807) is 49.7 Å². The highest BCUT2D eigenvalue weighted by atomic mass is 16.5. The molecule has 0 aliphatic rings. The summed E-state index contributed by atoms with van der Waals surface area (Å²) in [5.74, 6) is -0.117. The summed E-state index contributed by atoms with van der Waals surface area (Å²) >= 11 is 0. The number of hydrogen-bond donors (Lipinski definition) is 2. The molecule has 2 N–H and O–H groups in total. The van der Waals surface area contributed by atoms with Gasteiger partial charge in [-0.05, 0) is 54.5 Å². The van der Waals surface area contributed by atoms with E-state index in [9.17, 15) is 9.59 Å². The zero-order valence-electron chi connectivity index (χ0n) is 16.5. The minimum absolute atomic E-state index is 0.194. The Hall–Kier alpha value is -4.00. The van der Waals surface area contributed by atoms with Gasteiger partial charge in [0.15, 0.2) is 0 Å². The molecule has 1 amide bonds. The number of carbonyl (C=O) groups excluding carboxylic acids is 2. The molecular formula is C23H22N4O3. The molecular weight excluding hydrogens is 380 g/mol. The molecule has 0 aliphatic heterocycles. The van der Waals surface area contributed by atoms with E-state index in [1.807, 2.05) is 30.3 Å². The number of nitrogens with one attached hydrogen (secondary N) is 2. The fourth-order valence-electron chi connectivity index (χ4n) is 2.68. The molecule has 0 saturated carbocycles. The van der Waals surface area contributed by atoms with Crippen LogP contribution < -0.4 is 10.6 Å². The Balaban J connectivity index is 1.60. The van der Waals surface area contributed by atoms with Crippen molar-refractivity contribution in [3.05, 3.63) is 89.8 Å². The summed E-state index contributed by atoms with van der Waals surface area (Å²) in [6.45, 7) is 2.46. The highest BCUT2D eigenvalue weighted by Gasteiger charge is 2.07. The van der Waals surface area contributed by atoms with Gasteiger partial charge in [0.2, 0.25) is 5.95 Å². The maximum absolute atomic E-state index is 12.5. The minimum atomic E-state index is -0.384. The summed E-state index contributed by atoms with van der Waals surface area (Å²) in [5, 5.41) is 5.97. The summed E-state index contributed by atoms with van der Waals surface area (Å²) in [4.78, 5) is 32.2. The van der Waals surface area contributed by atoms with Crippen molar-refractivity contribution in [2.75, 3.05) is 11.9 Å². The predicted molar refractivity (Wildman–Crippen MR) is 115 cm³/mol.